The Labute approximate surface area is 219 Å². The van der Waals surface area contributed by atoms with Crippen LogP contribution in [0.15, 0.2) is 71.6 Å². The Morgan fingerprint density at radius 3 is 2.25 bits per heavy atom. The number of amides is 1. The molecule has 2 N–H and O–H groups in total. The molecule has 13 heteroatoms. The van der Waals surface area contributed by atoms with Crippen molar-refractivity contribution in [1.29, 1.82) is 0 Å². The Morgan fingerprint density at radius 1 is 0.972 bits per heavy atom. The normalized spacial score (nSPS) is 15.5. The van der Waals surface area contributed by atoms with Crippen LogP contribution < -0.4 is 19.1 Å². The van der Waals surface area contributed by atoms with E-state index in [1.54, 1.807) is 24.3 Å². The number of carbonyl (C=O) groups is 1. The van der Waals surface area contributed by atoms with E-state index in [4.69, 9.17) is 27.9 Å². The van der Waals surface area contributed by atoms with Crippen molar-refractivity contribution in [2.45, 2.75) is 17.9 Å². The van der Waals surface area contributed by atoms with Gasteiger partial charge in [-0.3, -0.25) is 13.8 Å². The van der Waals surface area contributed by atoms with Gasteiger partial charge >= 0.3 is 0 Å². The summed E-state index contributed by atoms with van der Waals surface area (Å²) in [6.45, 7) is 1.32. The van der Waals surface area contributed by atoms with Crippen LogP contribution in [-0.4, -0.2) is 41.1 Å². The van der Waals surface area contributed by atoms with Crippen LogP contribution in [0.4, 0.5) is 17.1 Å². The molecule has 3 aromatic rings. The number of benzene rings is 3. The number of fused-ring (bicyclic) bond motifs is 1. The molecule has 190 valence electrons. The minimum Gasteiger partial charge on any atom is -0.476 e. The first-order valence-electron chi connectivity index (χ1n) is 10.6. The minimum atomic E-state index is -3.95. The Bertz CT molecular complexity index is 1490. The first-order valence-corrected chi connectivity index (χ1v) is 14.5. The van der Waals surface area contributed by atoms with Crippen LogP contribution in [0, 0.1) is 0 Å². The van der Waals surface area contributed by atoms with Gasteiger partial charge in [-0.25, -0.2) is 16.8 Å². The largest absolute Gasteiger partial charge is 0.476 e. The molecule has 0 fully saturated rings. The molecule has 0 spiro atoms. The van der Waals surface area contributed by atoms with Gasteiger partial charge in [-0.05, 0) is 61.5 Å². The fraction of sp³-hybridized carbons (Fsp3) is 0.174. The highest BCUT2D eigenvalue weighted by Crippen LogP contribution is 2.35. The molecule has 4 rings (SSSR count). The van der Waals surface area contributed by atoms with Crippen molar-refractivity contribution < 1.29 is 26.4 Å². The lowest BCUT2D eigenvalue weighted by Gasteiger charge is -2.34. The van der Waals surface area contributed by atoms with Crippen LogP contribution in [0.3, 0.4) is 0 Å². The average Bonchev–Trinajstić information content (AvgIpc) is 2.82. The van der Waals surface area contributed by atoms with E-state index in [0.717, 1.165) is 0 Å². The number of rotatable bonds is 7. The summed E-state index contributed by atoms with van der Waals surface area (Å²) in [5.41, 5.74) is 0.870. The van der Waals surface area contributed by atoms with Crippen LogP contribution in [0.2, 0.25) is 10.0 Å². The lowest BCUT2D eigenvalue weighted by molar-refractivity contribution is -0.122. The topological polar surface area (TPSA) is 122 Å². The number of sulfonamides is 2. The summed E-state index contributed by atoms with van der Waals surface area (Å²) >= 11 is 11.8. The van der Waals surface area contributed by atoms with Crippen LogP contribution >= 0.6 is 23.2 Å². The van der Waals surface area contributed by atoms with E-state index in [-0.39, 0.29) is 38.7 Å². The third-order valence-electron chi connectivity index (χ3n) is 5.27. The summed E-state index contributed by atoms with van der Waals surface area (Å²) in [5, 5.41) is 3.19. The standard InChI is InChI=1S/C23H21Cl2N3O6S2/c1-2-35(30,31)28-14-22(34-21-6-4-3-5-20(21)28)23(29)26-17-7-9-19(10-8-17)36(32,33)27-18-12-15(24)11-16(25)13-18/h3-13,22,27H,2,14H2,1H3,(H,26,29)/t22-/m0/s1. The summed E-state index contributed by atoms with van der Waals surface area (Å²) in [6, 6.07) is 16.3. The average molecular weight is 570 g/mol. The smallest absolute Gasteiger partial charge is 0.267 e. The van der Waals surface area contributed by atoms with Gasteiger partial charge in [0.1, 0.15) is 5.75 Å². The number of nitrogens with one attached hydrogen (secondary N) is 2. The SMILES string of the molecule is CCS(=O)(=O)N1C[C@@H](C(=O)Nc2ccc(S(=O)(=O)Nc3cc(Cl)cc(Cl)c3)cc2)Oc2ccccc21. The fourth-order valence-electron chi connectivity index (χ4n) is 3.53. The van der Waals surface area contributed by atoms with Crippen molar-refractivity contribution in [2.75, 3.05) is 26.6 Å². The van der Waals surface area contributed by atoms with Gasteiger partial charge in [0.2, 0.25) is 10.0 Å². The van der Waals surface area contributed by atoms with E-state index >= 15 is 0 Å². The second-order valence-electron chi connectivity index (χ2n) is 7.78. The second kappa shape index (κ2) is 10.2. The number of halogens is 2. The zero-order valence-corrected chi connectivity index (χ0v) is 22.0. The van der Waals surface area contributed by atoms with E-state index in [2.05, 4.69) is 10.0 Å². The Hall–Kier alpha value is -2.99. The molecule has 0 bridgehead atoms. The quantitative estimate of drug-likeness (QED) is 0.436. The second-order valence-corrected chi connectivity index (χ2v) is 12.5. The van der Waals surface area contributed by atoms with E-state index in [9.17, 15) is 21.6 Å². The zero-order valence-electron chi connectivity index (χ0n) is 18.8. The predicted molar refractivity (Wildman–Crippen MR) is 140 cm³/mol. The maximum atomic E-state index is 12.9. The van der Waals surface area contributed by atoms with Gasteiger partial charge < -0.3 is 10.1 Å². The van der Waals surface area contributed by atoms with Crippen molar-refractivity contribution in [3.05, 3.63) is 76.8 Å². The van der Waals surface area contributed by atoms with Crippen molar-refractivity contribution in [1.82, 2.24) is 0 Å². The molecule has 9 nitrogen and oxygen atoms in total. The number of nitrogens with zero attached hydrogens (tertiary/aromatic N) is 1. The third-order valence-corrected chi connectivity index (χ3v) is 8.86. The molecule has 0 saturated heterocycles. The number of hydrogen-bond donors (Lipinski definition) is 2. The predicted octanol–water partition coefficient (Wildman–Crippen LogP) is 4.35. The van der Waals surface area contributed by atoms with E-state index < -0.39 is 32.1 Å². The maximum absolute atomic E-state index is 12.9. The summed E-state index contributed by atoms with van der Waals surface area (Å²) in [4.78, 5) is 12.9. The van der Waals surface area contributed by atoms with Crippen molar-refractivity contribution in [2.24, 2.45) is 0 Å². The van der Waals surface area contributed by atoms with Crippen molar-refractivity contribution in [3.8, 4) is 5.75 Å². The summed E-state index contributed by atoms with van der Waals surface area (Å²) in [5.74, 6) is -0.446. The molecule has 0 aromatic heterocycles. The van der Waals surface area contributed by atoms with Gasteiger partial charge in [0.25, 0.3) is 15.9 Å². The monoisotopic (exact) mass is 569 g/mol. The molecule has 0 saturated carbocycles. The van der Waals surface area contributed by atoms with Crippen molar-refractivity contribution in [3.63, 3.8) is 0 Å². The Kier molecular flexibility index (Phi) is 7.37. The molecule has 1 heterocycles. The highest BCUT2D eigenvalue weighted by molar-refractivity contribution is 7.93. The van der Waals surface area contributed by atoms with Gasteiger partial charge in [-0.15, -0.1) is 0 Å². The zero-order chi connectivity index (χ0) is 26.1. The summed E-state index contributed by atoms with van der Waals surface area (Å²) in [7, 11) is -7.59. The molecular weight excluding hydrogens is 549 g/mol. The molecule has 0 aliphatic carbocycles. The molecule has 1 aliphatic heterocycles. The van der Waals surface area contributed by atoms with Crippen LogP contribution in [0.1, 0.15) is 6.92 Å². The number of ether oxygens (including phenoxy) is 1. The fourth-order valence-corrected chi connectivity index (χ4v) is 6.22. The first kappa shape index (κ1) is 26.1. The molecule has 36 heavy (non-hydrogen) atoms. The van der Waals surface area contributed by atoms with Crippen LogP contribution in [0.25, 0.3) is 0 Å². The van der Waals surface area contributed by atoms with Crippen molar-refractivity contribution >= 4 is 66.2 Å². The lowest BCUT2D eigenvalue weighted by atomic mass is 10.2. The molecule has 1 amide bonds. The highest BCUT2D eigenvalue weighted by atomic mass is 35.5. The van der Waals surface area contributed by atoms with Crippen LogP contribution in [-0.2, 0) is 24.8 Å². The van der Waals surface area contributed by atoms with Crippen LogP contribution in [0.5, 0.6) is 5.75 Å². The molecular formula is C23H21Cl2N3O6S2. The number of anilines is 3. The maximum Gasteiger partial charge on any atom is 0.267 e. The highest BCUT2D eigenvalue weighted by Gasteiger charge is 2.36. The molecule has 3 aromatic carbocycles. The third kappa shape index (κ3) is 5.70. The molecule has 0 radical (unpaired) electrons. The lowest BCUT2D eigenvalue weighted by Crippen LogP contribution is -2.49. The molecule has 1 atom stereocenters. The van der Waals surface area contributed by atoms with Gasteiger partial charge in [0, 0.05) is 15.7 Å². The van der Waals surface area contributed by atoms with Gasteiger partial charge in [-0.2, -0.15) is 0 Å². The van der Waals surface area contributed by atoms with E-state index in [0.29, 0.717) is 11.4 Å². The Balaban J connectivity index is 1.49. The number of hydrogen-bond acceptors (Lipinski definition) is 6. The minimum absolute atomic E-state index is 0.0559. The first-order chi connectivity index (χ1) is 17.0. The Morgan fingerprint density at radius 2 is 1.61 bits per heavy atom. The van der Waals surface area contributed by atoms with Gasteiger partial charge in [-0.1, -0.05) is 35.3 Å². The van der Waals surface area contributed by atoms with E-state index in [1.165, 1.54) is 53.7 Å². The number of para-hydroxylation sites is 2. The summed E-state index contributed by atoms with van der Waals surface area (Å²) < 4.78 is 60.0. The van der Waals surface area contributed by atoms with E-state index in [1.807, 2.05) is 0 Å². The van der Waals surface area contributed by atoms with Gasteiger partial charge in [0.05, 0.1) is 28.6 Å². The summed E-state index contributed by atoms with van der Waals surface area (Å²) in [6.07, 6.45) is -1.11. The molecule has 1 aliphatic rings. The molecule has 0 unspecified atom stereocenters. The van der Waals surface area contributed by atoms with Gasteiger partial charge in [0.15, 0.2) is 6.10 Å². The number of carbonyl (C=O) groups excluding carboxylic acids is 1.